The van der Waals surface area contributed by atoms with E-state index in [1.807, 2.05) is 13.8 Å². The van der Waals surface area contributed by atoms with Gasteiger partial charge in [-0.05, 0) is 50.1 Å². The van der Waals surface area contributed by atoms with Crippen molar-refractivity contribution in [1.82, 2.24) is 4.57 Å². The predicted molar refractivity (Wildman–Crippen MR) is 98.1 cm³/mol. The van der Waals surface area contributed by atoms with Crippen LogP contribution in [0.4, 0.5) is 11.4 Å². The molecule has 1 heterocycles. The summed E-state index contributed by atoms with van der Waals surface area (Å²) in [4.78, 5) is 22.7. The first-order chi connectivity index (χ1) is 11.8. The van der Waals surface area contributed by atoms with Crippen molar-refractivity contribution < 1.29 is 9.66 Å². The minimum Gasteiger partial charge on any atom is -0.377 e. The fourth-order valence-corrected chi connectivity index (χ4v) is 2.65. The zero-order valence-corrected chi connectivity index (χ0v) is 14.9. The van der Waals surface area contributed by atoms with Crippen LogP contribution in [0, 0.1) is 17.0 Å². The molecule has 1 N–H and O–H groups in total. The Morgan fingerprint density at radius 3 is 2.64 bits per heavy atom. The van der Waals surface area contributed by atoms with E-state index in [1.165, 1.54) is 10.6 Å². The van der Waals surface area contributed by atoms with Gasteiger partial charge in [-0.25, -0.2) is 0 Å². The van der Waals surface area contributed by atoms with Crippen LogP contribution >= 0.6 is 0 Å². The molecule has 0 saturated carbocycles. The van der Waals surface area contributed by atoms with Gasteiger partial charge in [0, 0.05) is 38.0 Å². The number of rotatable bonds is 7. The van der Waals surface area contributed by atoms with Gasteiger partial charge < -0.3 is 14.6 Å². The molecule has 7 nitrogen and oxygen atoms in total. The Morgan fingerprint density at radius 1 is 1.32 bits per heavy atom. The van der Waals surface area contributed by atoms with E-state index in [4.69, 9.17) is 4.74 Å². The van der Waals surface area contributed by atoms with Crippen molar-refractivity contribution in [3.63, 3.8) is 0 Å². The zero-order chi connectivity index (χ0) is 18.6. The van der Waals surface area contributed by atoms with E-state index in [0.717, 1.165) is 11.1 Å². The van der Waals surface area contributed by atoms with E-state index in [1.54, 1.807) is 38.4 Å². The summed E-state index contributed by atoms with van der Waals surface area (Å²) in [5.74, 6) is 0. The highest BCUT2D eigenvalue weighted by Crippen LogP contribution is 2.30. The summed E-state index contributed by atoms with van der Waals surface area (Å²) in [5, 5.41) is 14.4. The van der Waals surface area contributed by atoms with Crippen LogP contribution in [-0.4, -0.2) is 28.7 Å². The number of aryl methyl sites for hydroxylation is 2. The number of hydrogen-bond acceptors (Lipinski definition) is 5. The molecule has 0 unspecified atom stereocenters. The standard InChI is InChI=1S/C18H23N3O4/c1-5-25-13(3)10-19-16-9-14(6-7-17(16)21(23)24)15-8-12(2)18(22)20(4)11-15/h6-9,11,13,19H,5,10H2,1-4H3/t13-/m0/s1. The van der Waals surface area contributed by atoms with Crippen LogP contribution in [0.2, 0.25) is 0 Å². The number of hydrogen-bond donors (Lipinski definition) is 1. The highest BCUT2D eigenvalue weighted by molar-refractivity contribution is 5.74. The molecule has 0 aliphatic rings. The van der Waals surface area contributed by atoms with Crippen molar-refractivity contribution in [1.29, 1.82) is 0 Å². The van der Waals surface area contributed by atoms with E-state index < -0.39 is 4.92 Å². The molecular weight excluding hydrogens is 322 g/mol. The van der Waals surface area contributed by atoms with Gasteiger partial charge in [0.2, 0.25) is 0 Å². The summed E-state index contributed by atoms with van der Waals surface area (Å²) in [6.45, 7) is 6.61. The number of nitrogens with zero attached hydrogens (tertiary/aromatic N) is 2. The molecule has 0 radical (unpaired) electrons. The second-order valence-corrected chi connectivity index (χ2v) is 5.96. The van der Waals surface area contributed by atoms with Gasteiger partial charge in [-0.15, -0.1) is 0 Å². The highest BCUT2D eigenvalue weighted by atomic mass is 16.6. The number of nitro groups is 1. The SMILES string of the molecule is CCO[C@@H](C)CNc1cc(-c2cc(C)c(=O)n(C)c2)ccc1[N+](=O)[O-]. The minimum absolute atomic E-state index is 0.00832. The smallest absolute Gasteiger partial charge is 0.292 e. The number of benzene rings is 1. The minimum atomic E-state index is -0.413. The number of nitro benzene ring substituents is 1. The largest absolute Gasteiger partial charge is 0.377 e. The Labute approximate surface area is 146 Å². The quantitative estimate of drug-likeness (QED) is 0.615. The van der Waals surface area contributed by atoms with Gasteiger partial charge in [-0.2, -0.15) is 0 Å². The molecule has 0 aliphatic carbocycles. The van der Waals surface area contributed by atoms with Crippen molar-refractivity contribution >= 4 is 11.4 Å². The average Bonchev–Trinajstić information content (AvgIpc) is 2.57. The van der Waals surface area contributed by atoms with E-state index in [0.29, 0.717) is 24.4 Å². The van der Waals surface area contributed by atoms with Crippen LogP contribution in [0.5, 0.6) is 0 Å². The molecule has 134 valence electrons. The van der Waals surface area contributed by atoms with E-state index in [9.17, 15) is 14.9 Å². The predicted octanol–water partition coefficient (Wildman–Crippen LogP) is 3.11. The van der Waals surface area contributed by atoms with Gasteiger partial charge in [0.1, 0.15) is 5.69 Å². The van der Waals surface area contributed by atoms with Crippen molar-refractivity contribution in [2.75, 3.05) is 18.5 Å². The first kappa shape index (κ1) is 18.7. The first-order valence-corrected chi connectivity index (χ1v) is 8.15. The lowest BCUT2D eigenvalue weighted by Gasteiger charge is -2.15. The Bertz CT molecular complexity index is 803. The number of aromatic nitrogens is 1. The molecule has 0 fully saturated rings. The molecule has 7 heteroatoms. The molecule has 0 saturated heterocycles. The summed E-state index contributed by atoms with van der Waals surface area (Å²) in [6, 6.07) is 6.68. The normalized spacial score (nSPS) is 12.0. The number of nitrogens with one attached hydrogen (secondary N) is 1. The maximum Gasteiger partial charge on any atom is 0.292 e. The third-order valence-electron chi connectivity index (χ3n) is 3.92. The summed E-state index contributed by atoms with van der Waals surface area (Å²) < 4.78 is 6.96. The number of anilines is 1. The molecule has 25 heavy (non-hydrogen) atoms. The molecule has 2 aromatic rings. The summed E-state index contributed by atoms with van der Waals surface area (Å²) >= 11 is 0. The van der Waals surface area contributed by atoms with Crippen LogP contribution in [0.3, 0.4) is 0 Å². The van der Waals surface area contributed by atoms with E-state index >= 15 is 0 Å². The lowest BCUT2D eigenvalue weighted by Crippen LogP contribution is -2.20. The van der Waals surface area contributed by atoms with Gasteiger partial charge >= 0.3 is 0 Å². The molecule has 1 aromatic heterocycles. The maximum atomic E-state index is 11.8. The van der Waals surface area contributed by atoms with Crippen LogP contribution < -0.4 is 10.9 Å². The van der Waals surface area contributed by atoms with Crippen molar-refractivity contribution in [3.8, 4) is 11.1 Å². The molecule has 0 bridgehead atoms. The monoisotopic (exact) mass is 345 g/mol. The molecule has 1 atom stereocenters. The number of pyridine rings is 1. The summed E-state index contributed by atoms with van der Waals surface area (Å²) in [7, 11) is 1.69. The zero-order valence-electron chi connectivity index (χ0n) is 14.9. The topological polar surface area (TPSA) is 86.4 Å². The fourth-order valence-electron chi connectivity index (χ4n) is 2.65. The summed E-state index contributed by atoms with van der Waals surface area (Å²) in [6.07, 6.45) is 1.66. The molecule has 1 aromatic carbocycles. The summed E-state index contributed by atoms with van der Waals surface area (Å²) in [5.41, 5.74) is 2.63. The highest BCUT2D eigenvalue weighted by Gasteiger charge is 2.16. The second-order valence-electron chi connectivity index (χ2n) is 5.96. The van der Waals surface area contributed by atoms with Crippen molar-refractivity contribution in [2.45, 2.75) is 26.9 Å². The Morgan fingerprint density at radius 2 is 2.04 bits per heavy atom. The molecule has 0 aliphatic heterocycles. The molecular formula is C18H23N3O4. The van der Waals surface area contributed by atoms with Gasteiger partial charge in [0.05, 0.1) is 11.0 Å². The second kappa shape index (κ2) is 7.94. The third-order valence-corrected chi connectivity index (χ3v) is 3.92. The molecule has 0 amide bonds. The van der Waals surface area contributed by atoms with Crippen LogP contribution in [-0.2, 0) is 11.8 Å². The Kier molecular flexibility index (Phi) is 5.93. The lowest BCUT2D eigenvalue weighted by atomic mass is 10.0. The van der Waals surface area contributed by atoms with Crippen molar-refractivity contribution in [3.05, 3.63) is 56.5 Å². The van der Waals surface area contributed by atoms with Crippen LogP contribution in [0.15, 0.2) is 35.3 Å². The fraction of sp³-hybridized carbons (Fsp3) is 0.389. The average molecular weight is 345 g/mol. The lowest BCUT2D eigenvalue weighted by molar-refractivity contribution is -0.383. The number of ether oxygens (including phenoxy) is 1. The maximum absolute atomic E-state index is 11.8. The van der Waals surface area contributed by atoms with Crippen LogP contribution in [0.25, 0.3) is 11.1 Å². The van der Waals surface area contributed by atoms with Gasteiger partial charge in [-0.1, -0.05) is 0 Å². The third kappa shape index (κ3) is 4.45. The Balaban J connectivity index is 2.39. The van der Waals surface area contributed by atoms with Gasteiger partial charge in [0.15, 0.2) is 0 Å². The van der Waals surface area contributed by atoms with Crippen LogP contribution in [0.1, 0.15) is 19.4 Å². The molecule has 0 spiro atoms. The Hall–Kier alpha value is -2.67. The van der Waals surface area contributed by atoms with E-state index in [2.05, 4.69) is 5.32 Å². The van der Waals surface area contributed by atoms with Gasteiger partial charge in [0.25, 0.3) is 11.2 Å². The van der Waals surface area contributed by atoms with Crippen molar-refractivity contribution in [2.24, 2.45) is 7.05 Å². The molecule has 2 rings (SSSR count). The van der Waals surface area contributed by atoms with E-state index in [-0.39, 0.29) is 17.4 Å². The van der Waals surface area contributed by atoms with Gasteiger partial charge in [-0.3, -0.25) is 14.9 Å². The first-order valence-electron chi connectivity index (χ1n) is 8.15.